The Morgan fingerprint density at radius 1 is 1.20 bits per heavy atom. The van der Waals surface area contributed by atoms with Crippen molar-refractivity contribution in [3.63, 3.8) is 0 Å². The van der Waals surface area contributed by atoms with Crippen LogP contribution in [0.1, 0.15) is 31.0 Å². The van der Waals surface area contributed by atoms with E-state index in [-0.39, 0.29) is 11.1 Å². The second-order valence-corrected chi connectivity index (χ2v) is 7.92. The van der Waals surface area contributed by atoms with Crippen molar-refractivity contribution in [1.29, 1.82) is 0 Å². The number of carbonyl (C=O) groups is 3. The molecule has 1 heterocycles. The van der Waals surface area contributed by atoms with Gasteiger partial charge in [-0.25, -0.2) is 4.79 Å². The summed E-state index contributed by atoms with van der Waals surface area (Å²) in [5, 5.41) is 6.03. The topological polar surface area (TPSA) is 87.7 Å². The number of ether oxygens (including phenoxy) is 1. The van der Waals surface area contributed by atoms with Crippen molar-refractivity contribution in [2.24, 2.45) is 0 Å². The van der Waals surface area contributed by atoms with Gasteiger partial charge < -0.3 is 15.4 Å². The summed E-state index contributed by atoms with van der Waals surface area (Å²) in [6.07, 6.45) is 0. The molecule has 1 aliphatic rings. The number of rotatable bonds is 6. The van der Waals surface area contributed by atoms with E-state index < -0.39 is 29.9 Å². The summed E-state index contributed by atoms with van der Waals surface area (Å²) in [6.45, 7) is 2.94. The van der Waals surface area contributed by atoms with E-state index in [1.54, 1.807) is 39.2 Å². The average Bonchev–Trinajstić information content (AvgIpc) is 2.93. The molecule has 3 rings (SSSR count). The molecule has 1 saturated heterocycles. The Bertz CT molecular complexity index is 1010. The van der Waals surface area contributed by atoms with E-state index >= 15 is 0 Å². The highest BCUT2D eigenvalue weighted by Crippen LogP contribution is 2.33. The first-order chi connectivity index (χ1) is 14.2. The van der Waals surface area contributed by atoms with E-state index in [1.807, 2.05) is 18.2 Å². The molecule has 0 aromatic heterocycles. The maximum atomic E-state index is 13.0. The molecule has 0 saturated carbocycles. The van der Waals surface area contributed by atoms with Gasteiger partial charge in [0.15, 0.2) is 0 Å². The maximum Gasteiger partial charge on any atom is 0.325 e. The van der Waals surface area contributed by atoms with Crippen LogP contribution in [0.5, 0.6) is 5.75 Å². The molecule has 1 fully saturated rings. The number of halogens is 2. The summed E-state index contributed by atoms with van der Waals surface area (Å²) in [5.74, 6) is -0.395. The number of para-hydroxylation sites is 1. The number of nitrogens with zero attached hydrogens (tertiary/aromatic N) is 1. The van der Waals surface area contributed by atoms with Crippen LogP contribution in [0, 0.1) is 0 Å². The number of imide groups is 1. The van der Waals surface area contributed by atoms with E-state index in [1.165, 1.54) is 6.07 Å². The molecule has 0 bridgehead atoms. The van der Waals surface area contributed by atoms with E-state index in [4.69, 9.17) is 27.9 Å². The van der Waals surface area contributed by atoms with Gasteiger partial charge >= 0.3 is 6.03 Å². The van der Waals surface area contributed by atoms with Crippen molar-refractivity contribution >= 4 is 41.0 Å². The van der Waals surface area contributed by atoms with Gasteiger partial charge in [0.05, 0.1) is 23.2 Å². The highest BCUT2D eigenvalue weighted by Gasteiger charge is 2.49. The van der Waals surface area contributed by atoms with Gasteiger partial charge in [-0.3, -0.25) is 14.5 Å². The minimum Gasteiger partial charge on any atom is -0.496 e. The van der Waals surface area contributed by atoms with Crippen molar-refractivity contribution in [3.05, 3.63) is 63.6 Å². The molecule has 30 heavy (non-hydrogen) atoms. The predicted octanol–water partition coefficient (Wildman–Crippen LogP) is 3.65. The summed E-state index contributed by atoms with van der Waals surface area (Å²) >= 11 is 12.0. The van der Waals surface area contributed by atoms with Crippen LogP contribution in [-0.2, 0) is 15.1 Å². The van der Waals surface area contributed by atoms with Crippen LogP contribution in [0.15, 0.2) is 42.5 Å². The highest BCUT2D eigenvalue weighted by atomic mass is 35.5. The fourth-order valence-electron chi connectivity index (χ4n) is 3.38. The van der Waals surface area contributed by atoms with Gasteiger partial charge in [-0.2, -0.15) is 0 Å². The smallest absolute Gasteiger partial charge is 0.325 e. The quantitative estimate of drug-likeness (QED) is 0.658. The Morgan fingerprint density at radius 3 is 2.57 bits per heavy atom. The van der Waals surface area contributed by atoms with Gasteiger partial charge in [-0.1, -0.05) is 47.5 Å². The Kier molecular flexibility index (Phi) is 6.24. The molecule has 9 heteroatoms. The monoisotopic (exact) mass is 449 g/mol. The zero-order valence-corrected chi connectivity index (χ0v) is 18.2. The number of nitrogens with one attached hydrogen (secondary N) is 2. The standard InChI is InChI=1S/C21H21Cl2N3O4/c1-12(14-6-4-5-7-17(14)30-3)24-18(27)11-26-19(28)21(2,25-20(26)29)13-8-9-15(22)16(23)10-13/h4-10,12H,11H2,1-3H3,(H,24,27)(H,25,29). The molecule has 0 aliphatic carbocycles. The normalized spacial score (nSPS) is 19.4. The minimum atomic E-state index is -1.35. The number of hydrogen-bond donors (Lipinski definition) is 2. The molecule has 2 N–H and O–H groups in total. The van der Waals surface area contributed by atoms with E-state index in [0.29, 0.717) is 16.3 Å². The van der Waals surface area contributed by atoms with Gasteiger partial charge in [-0.05, 0) is 37.6 Å². The SMILES string of the molecule is COc1ccccc1C(C)NC(=O)CN1C(=O)NC(C)(c2ccc(Cl)c(Cl)c2)C1=O. The van der Waals surface area contributed by atoms with Gasteiger partial charge in [0.2, 0.25) is 5.91 Å². The Balaban J connectivity index is 1.73. The van der Waals surface area contributed by atoms with Gasteiger partial charge in [-0.15, -0.1) is 0 Å². The van der Waals surface area contributed by atoms with Gasteiger partial charge in [0.1, 0.15) is 17.8 Å². The van der Waals surface area contributed by atoms with Crippen molar-refractivity contribution in [2.75, 3.05) is 13.7 Å². The lowest BCUT2D eigenvalue weighted by Crippen LogP contribution is -2.43. The lowest BCUT2D eigenvalue weighted by Gasteiger charge is -2.23. The van der Waals surface area contributed by atoms with Crippen LogP contribution in [0.3, 0.4) is 0 Å². The summed E-state index contributed by atoms with van der Waals surface area (Å²) in [6, 6.07) is 10.9. The number of hydrogen-bond acceptors (Lipinski definition) is 4. The van der Waals surface area contributed by atoms with Crippen LogP contribution in [0.25, 0.3) is 0 Å². The second-order valence-electron chi connectivity index (χ2n) is 7.11. The largest absolute Gasteiger partial charge is 0.496 e. The van der Waals surface area contributed by atoms with Crippen LogP contribution >= 0.6 is 23.2 Å². The number of carbonyl (C=O) groups excluding carboxylic acids is 3. The molecule has 2 unspecified atom stereocenters. The fraction of sp³-hybridized carbons (Fsp3) is 0.286. The third-order valence-corrected chi connectivity index (χ3v) is 5.80. The number of urea groups is 1. The van der Waals surface area contributed by atoms with Crippen LogP contribution in [-0.4, -0.2) is 36.4 Å². The lowest BCUT2D eigenvalue weighted by molar-refractivity contribution is -0.135. The van der Waals surface area contributed by atoms with Crippen LogP contribution < -0.4 is 15.4 Å². The molecule has 0 radical (unpaired) electrons. The van der Waals surface area contributed by atoms with Gasteiger partial charge in [0, 0.05) is 5.56 Å². The first kappa shape index (κ1) is 21.9. The van der Waals surface area contributed by atoms with E-state index in [2.05, 4.69) is 10.6 Å². The van der Waals surface area contributed by atoms with Crippen molar-refractivity contribution < 1.29 is 19.1 Å². The van der Waals surface area contributed by atoms with Crippen LogP contribution in [0.2, 0.25) is 10.0 Å². The zero-order chi connectivity index (χ0) is 22.1. The van der Waals surface area contributed by atoms with Crippen molar-refractivity contribution in [3.8, 4) is 5.75 Å². The van der Waals surface area contributed by atoms with E-state index in [9.17, 15) is 14.4 Å². The fourth-order valence-corrected chi connectivity index (χ4v) is 3.67. The summed E-state index contributed by atoms with van der Waals surface area (Å²) < 4.78 is 5.31. The first-order valence-electron chi connectivity index (χ1n) is 9.19. The Labute approximate surface area is 184 Å². The molecule has 4 amide bonds. The molecular weight excluding hydrogens is 429 g/mol. The first-order valence-corrected chi connectivity index (χ1v) is 9.95. The minimum absolute atomic E-state index is 0.263. The molecule has 158 valence electrons. The molecule has 2 aromatic carbocycles. The zero-order valence-electron chi connectivity index (χ0n) is 16.7. The lowest BCUT2D eigenvalue weighted by atomic mass is 9.92. The van der Waals surface area contributed by atoms with Crippen LogP contribution in [0.4, 0.5) is 4.79 Å². The number of benzene rings is 2. The third-order valence-electron chi connectivity index (χ3n) is 5.06. The molecule has 1 aliphatic heterocycles. The molecule has 2 atom stereocenters. The predicted molar refractivity (Wildman–Crippen MR) is 114 cm³/mol. The van der Waals surface area contributed by atoms with Gasteiger partial charge in [0.25, 0.3) is 5.91 Å². The third kappa shape index (κ3) is 4.08. The summed E-state index contributed by atoms with van der Waals surface area (Å²) in [7, 11) is 1.55. The molecule has 0 spiro atoms. The summed E-state index contributed by atoms with van der Waals surface area (Å²) in [4.78, 5) is 38.9. The molecular formula is C21H21Cl2N3O4. The molecule has 2 aromatic rings. The number of methoxy groups -OCH3 is 1. The van der Waals surface area contributed by atoms with E-state index in [0.717, 1.165) is 10.5 Å². The maximum absolute atomic E-state index is 13.0. The number of amides is 4. The van der Waals surface area contributed by atoms with Crippen molar-refractivity contribution in [1.82, 2.24) is 15.5 Å². The Hall–Kier alpha value is -2.77. The highest BCUT2D eigenvalue weighted by molar-refractivity contribution is 6.42. The molecule has 7 nitrogen and oxygen atoms in total. The average molecular weight is 450 g/mol. The second kappa shape index (κ2) is 8.53. The Morgan fingerprint density at radius 2 is 1.90 bits per heavy atom. The summed E-state index contributed by atoms with van der Waals surface area (Å²) in [5.41, 5.74) is -0.0911. The van der Waals surface area contributed by atoms with Crippen molar-refractivity contribution in [2.45, 2.75) is 25.4 Å².